The Morgan fingerprint density at radius 2 is 2.04 bits per heavy atom. The van der Waals surface area contributed by atoms with Gasteiger partial charge in [0.1, 0.15) is 5.82 Å². The molecule has 25 heavy (non-hydrogen) atoms. The first-order chi connectivity index (χ1) is 12.2. The van der Waals surface area contributed by atoms with E-state index >= 15 is 0 Å². The largest absolute Gasteiger partial charge is 0.481 e. The number of fused-ring (bicyclic) bond motifs is 1. The molecule has 2 aromatic rings. The van der Waals surface area contributed by atoms with Crippen molar-refractivity contribution in [3.63, 3.8) is 0 Å². The number of hydrogen-bond donors (Lipinski definition) is 1. The smallest absolute Gasteiger partial charge is 0.226 e. The first-order valence-corrected chi connectivity index (χ1v) is 9.07. The average Bonchev–Trinajstić information content (AvgIpc) is 2.98. The summed E-state index contributed by atoms with van der Waals surface area (Å²) in [6, 6.07) is 6.10. The van der Waals surface area contributed by atoms with Crippen LogP contribution in [0, 0.1) is 6.92 Å². The highest BCUT2D eigenvalue weighted by atomic mass is 16.5. The first kappa shape index (κ1) is 16.1. The number of aromatic nitrogens is 3. The first-order valence-electron chi connectivity index (χ1n) is 9.07. The molecular weight excluding hydrogens is 316 g/mol. The standard InChI is InChI=1S/C19H24N4O2/c1-12-18-14(15-9-6-10-17(20-15)25-2)11-16(24)21-19(18)23(22-12)13-7-4-3-5-8-13/h6,9-10,13-14H,3-5,7-8,11H2,1-2H3,(H,21,24). The van der Waals surface area contributed by atoms with E-state index in [1.54, 1.807) is 7.11 Å². The van der Waals surface area contributed by atoms with Crippen molar-refractivity contribution in [1.82, 2.24) is 14.8 Å². The van der Waals surface area contributed by atoms with E-state index in [4.69, 9.17) is 9.84 Å². The normalized spacial score (nSPS) is 20.9. The van der Waals surface area contributed by atoms with Crippen LogP contribution in [0.25, 0.3) is 0 Å². The van der Waals surface area contributed by atoms with Gasteiger partial charge in [-0.1, -0.05) is 25.3 Å². The molecule has 2 aliphatic rings. The van der Waals surface area contributed by atoms with Crippen molar-refractivity contribution < 1.29 is 9.53 Å². The van der Waals surface area contributed by atoms with Gasteiger partial charge in [-0.25, -0.2) is 9.67 Å². The second kappa shape index (κ2) is 6.50. The fourth-order valence-corrected chi connectivity index (χ4v) is 4.15. The Labute approximate surface area is 147 Å². The minimum Gasteiger partial charge on any atom is -0.481 e. The molecule has 0 aromatic carbocycles. The van der Waals surface area contributed by atoms with E-state index in [9.17, 15) is 4.79 Å². The van der Waals surface area contributed by atoms with Crippen LogP contribution in [0.5, 0.6) is 5.88 Å². The molecule has 6 heteroatoms. The number of rotatable bonds is 3. The van der Waals surface area contributed by atoms with E-state index in [1.807, 2.05) is 25.1 Å². The molecule has 6 nitrogen and oxygen atoms in total. The minimum atomic E-state index is -0.0730. The number of aryl methyl sites for hydroxylation is 1. The van der Waals surface area contributed by atoms with E-state index in [-0.39, 0.29) is 11.8 Å². The quantitative estimate of drug-likeness (QED) is 0.927. The van der Waals surface area contributed by atoms with Gasteiger partial charge in [-0.3, -0.25) is 4.79 Å². The van der Waals surface area contributed by atoms with E-state index in [0.29, 0.717) is 18.3 Å². The van der Waals surface area contributed by atoms with Crippen molar-refractivity contribution in [3.05, 3.63) is 35.2 Å². The molecule has 1 aliphatic heterocycles. The van der Waals surface area contributed by atoms with Gasteiger partial charge in [-0.2, -0.15) is 5.10 Å². The molecule has 1 fully saturated rings. The Morgan fingerprint density at radius 1 is 1.24 bits per heavy atom. The number of carbonyl (C=O) groups is 1. The second-order valence-electron chi connectivity index (χ2n) is 6.99. The Balaban J connectivity index is 1.78. The summed E-state index contributed by atoms with van der Waals surface area (Å²) in [6.07, 6.45) is 6.41. The molecule has 4 rings (SSSR count). The Morgan fingerprint density at radius 3 is 2.80 bits per heavy atom. The topological polar surface area (TPSA) is 69.0 Å². The van der Waals surface area contributed by atoms with Crippen molar-refractivity contribution in [2.75, 3.05) is 12.4 Å². The summed E-state index contributed by atoms with van der Waals surface area (Å²) >= 11 is 0. The molecule has 0 bridgehead atoms. The van der Waals surface area contributed by atoms with Gasteiger partial charge < -0.3 is 10.1 Å². The second-order valence-corrected chi connectivity index (χ2v) is 6.99. The van der Waals surface area contributed by atoms with Crippen LogP contribution >= 0.6 is 0 Å². The van der Waals surface area contributed by atoms with Crippen LogP contribution in [-0.2, 0) is 4.79 Å². The van der Waals surface area contributed by atoms with Crippen LogP contribution in [0.1, 0.15) is 67.4 Å². The number of methoxy groups -OCH3 is 1. The highest BCUT2D eigenvalue weighted by Gasteiger charge is 2.34. The van der Waals surface area contributed by atoms with Crippen LogP contribution in [0.15, 0.2) is 18.2 Å². The molecule has 0 radical (unpaired) electrons. The summed E-state index contributed by atoms with van der Waals surface area (Å²) in [6.45, 7) is 2.03. The lowest BCUT2D eigenvalue weighted by Crippen LogP contribution is -2.27. The van der Waals surface area contributed by atoms with Gasteiger partial charge in [0.05, 0.1) is 24.5 Å². The number of amides is 1. The monoisotopic (exact) mass is 340 g/mol. The van der Waals surface area contributed by atoms with E-state index in [2.05, 4.69) is 15.0 Å². The van der Waals surface area contributed by atoms with Crippen molar-refractivity contribution in [2.45, 2.75) is 57.4 Å². The third-order valence-electron chi connectivity index (χ3n) is 5.36. The highest BCUT2D eigenvalue weighted by molar-refractivity contribution is 5.94. The van der Waals surface area contributed by atoms with Crippen LogP contribution in [0.2, 0.25) is 0 Å². The Hall–Kier alpha value is -2.37. The number of ether oxygens (including phenoxy) is 1. The molecule has 0 spiro atoms. The van der Waals surface area contributed by atoms with Gasteiger partial charge in [0, 0.05) is 24.0 Å². The maximum Gasteiger partial charge on any atom is 0.226 e. The molecule has 3 heterocycles. The van der Waals surface area contributed by atoms with Gasteiger partial charge in [-0.05, 0) is 25.8 Å². The fraction of sp³-hybridized carbons (Fsp3) is 0.526. The van der Waals surface area contributed by atoms with Crippen LogP contribution < -0.4 is 10.1 Å². The van der Waals surface area contributed by atoms with Crippen molar-refractivity contribution in [2.24, 2.45) is 0 Å². The molecule has 1 amide bonds. The van der Waals surface area contributed by atoms with Gasteiger partial charge in [0.15, 0.2) is 0 Å². The summed E-state index contributed by atoms with van der Waals surface area (Å²) in [7, 11) is 1.61. The predicted octanol–water partition coefficient (Wildman–Crippen LogP) is 3.57. The van der Waals surface area contributed by atoms with Crippen LogP contribution in [0.3, 0.4) is 0 Å². The van der Waals surface area contributed by atoms with Crippen LogP contribution in [0.4, 0.5) is 5.82 Å². The van der Waals surface area contributed by atoms with Crippen molar-refractivity contribution in [1.29, 1.82) is 0 Å². The van der Waals surface area contributed by atoms with Crippen molar-refractivity contribution >= 4 is 11.7 Å². The fourth-order valence-electron chi connectivity index (χ4n) is 4.15. The lowest BCUT2D eigenvalue weighted by atomic mass is 9.88. The van der Waals surface area contributed by atoms with Gasteiger partial charge in [0.25, 0.3) is 0 Å². The zero-order valence-corrected chi connectivity index (χ0v) is 14.8. The van der Waals surface area contributed by atoms with Gasteiger partial charge >= 0.3 is 0 Å². The van der Waals surface area contributed by atoms with Gasteiger partial charge in [0.2, 0.25) is 11.8 Å². The summed E-state index contributed by atoms with van der Waals surface area (Å²) in [4.78, 5) is 17.0. The highest BCUT2D eigenvalue weighted by Crippen LogP contribution is 2.41. The molecule has 1 aliphatic carbocycles. The number of pyridine rings is 1. The molecule has 132 valence electrons. The maximum absolute atomic E-state index is 12.4. The zero-order chi connectivity index (χ0) is 17.4. The third kappa shape index (κ3) is 2.90. The molecule has 1 N–H and O–H groups in total. The summed E-state index contributed by atoms with van der Waals surface area (Å²) in [5, 5.41) is 7.89. The SMILES string of the molecule is COc1cccc(C2CC(=O)Nc3c2c(C)nn3C2CCCCC2)n1. The molecule has 2 aromatic heterocycles. The molecule has 1 saturated carbocycles. The number of anilines is 1. The summed E-state index contributed by atoms with van der Waals surface area (Å²) < 4.78 is 7.32. The summed E-state index contributed by atoms with van der Waals surface area (Å²) in [5.74, 6) is 1.40. The van der Waals surface area contributed by atoms with E-state index in [0.717, 1.165) is 35.6 Å². The minimum absolute atomic E-state index is 0.0269. The molecule has 1 unspecified atom stereocenters. The van der Waals surface area contributed by atoms with E-state index < -0.39 is 0 Å². The molecule has 1 atom stereocenters. The number of nitrogens with zero attached hydrogens (tertiary/aromatic N) is 3. The Bertz CT molecular complexity index is 793. The molecular formula is C19H24N4O2. The number of nitrogens with one attached hydrogen (secondary N) is 1. The van der Waals surface area contributed by atoms with Crippen molar-refractivity contribution in [3.8, 4) is 5.88 Å². The van der Waals surface area contributed by atoms with Gasteiger partial charge in [-0.15, -0.1) is 0 Å². The number of hydrogen-bond acceptors (Lipinski definition) is 4. The molecule has 0 saturated heterocycles. The third-order valence-corrected chi connectivity index (χ3v) is 5.36. The number of carbonyl (C=O) groups excluding carboxylic acids is 1. The lowest BCUT2D eigenvalue weighted by Gasteiger charge is -2.27. The Kier molecular flexibility index (Phi) is 4.19. The maximum atomic E-state index is 12.4. The predicted molar refractivity (Wildman–Crippen MR) is 95.0 cm³/mol. The van der Waals surface area contributed by atoms with Crippen LogP contribution in [-0.4, -0.2) is 27.8 Å². The average molecular weight is 340 g/mol. The summed E-state index contributed by atoms with van der Waals surface area (Å²) in [5.41, 5.74) is 2.95. The lowest BCUT2D eigenvalue weighted by molar-refractivity contribution is -0.116. The zero-order valence-electron chi connectivity index (χ0n) is 14.8. The van der Waals surface area contributed by atoms with E-state index in [1.165, 1.54) is 19.3 Å².